The van der Waals surface area contributed by atoms with Crippen LogP contribution in [0.5, 0.6) is 0 Å². The van der Waals surface area contributed by atoms with Crippen LogP contribution in [0.2, 0.25) is 0 Å². The molecule has 5 rings (SSSR count). The summed E-state index contributed by atoms with van der Waals surface area (Å²) in [7, 11) is 0. The van der Waals surface area contributed by atoms with Crippen molar-refractivity contribution in [1.29, 1.82) is 0 Å². The first-order valence-electron chi connectivity index (χ1n) is 10.9. The van der Waals surface area contributed by atoms with Gasteiger partial charge in [-0.3, -0.25) is 9.59 Å². The Morgan fingerprint density at radius 2 is 2.13 bits per heavy atom. The number of rotatable bonds is 6. The Labute approximate surface area is 180 Å². The van der Waals surface area contributed by atoms with E-state index >= 15 is 0 Å². The van der Waals surface area contributed by atoms with E-state index in [1.54, 1.807) is 11.8 Å². The molecular weight excluding hydrogens is 394 g/mol. The molecule has 1 aliphatic heterocycles. The average molecular weight is 422 g/mol. The molecule has 1 atom stereocenters. The predicted octanol–water partition coefficient (Wildman–Crippen LogP) is 2.45. The minimum Gasteiger partial charge on any atom is -0.425 e. The van der Waals surface area contributed by atoms with Crippen molar-refractivity contribution in [3.63, 3.8) is 0 Å². The molecule has 2 amide bonds. The Morgan fingerprint density at radius 3 is 2.87 bits per heavy atom. The number of fused-ring (bicyclic) bond motifs is 1. The third kappa shape index (κ3) is 3.94. The minimum absolute atomic E-state index is 0.0372. The summed E-state index contributed by atoms with van der Waals surface area (Å²) in [5.74, 6) is 0.534. The largest absolute Gasteiger partial charge is 0.425 e. The fraction of sp³-hybridized carbons (Fsp3) is 0.478. The van der Waals surface area contributed by atoms with Crippen LogP contribution in [-0.4, -0.2) is 51.0 Å². The van der Waals surface area contributed by atoms with Crippen molar-refractivity contribution in [2.45, 2.75) is 52.0 Å². The normalized spacial score (nSPS) is 19.3. The highest BCUT2D eigenvalue weighted by Gasteiger charge is 2.55. The summed E-state index contributed by atoms with van der Waals surface area (Å²) in [5, 5.41) is 11.9. The summed E-state index contributed by atoms with van der Waals surface area (Å²) in [6.07, 6.45) is 5.67. The van der Waals surface area contributed by atoms with E-state index in [-0.39, 0.29) is 23.7 Å². The van der Waals surface area contributed by atoms with Gasteiger partial charge in [-0.05, 0) is 55.2 Å². The summed E-state index contributed by atoms with van der Waals surface area (Å²) in [6.45, 7) is 4.94. The number of hydrogen-bond donors (Lipinski definition) is 2. The summed E-state index contributed by atoms with van der Waals surface area (Å²) in [5.41, 5.74) is 3.63. The molecule has 0 radical (unpaired) electrons. The van der Waals surface area contributed by atoms with Gasteiger partial charge in [-0.15, -0.1) is 10.2 Å². The molecule has 31 heavy (non-hydrogen) atoms. The summed E-state index contributed by atoms with van der Waals surface area (Å²) in [4.78, 5) is 30.9. The van der Waals surface area contributed by atoms with Gasteiger partial charge in [0, 0.05) is 37.1 Å². The lowest BCUT2D eigenvalue weighted by Gasteiger charge is -2.23. The van der Waals surface area contributed by atoms with Gasteiger partial charge in [0.1, 0.15) is 12.5 Å². The van der Waals surface area contributed by atoms with Crippen molar-refractivity contribution in [1.82, 2.24) is 25.4 Å². The molecule has 1 spiro atoms. The fourth-order valence-electron chi connectivity index (χ4n) is 4.68. The standard InChI is InChI=1S/C23H27N5O3/c1-14-3-4-17-16(12-25-18(17)9-14)5-8-24-22(30)19-11-23(6-7-23)13-28(19)21(29)10-20-27-26-15(2)31-20/h3-4,9,12,19,25H,5-8,10-11,13H2,1-2H3,(H,24,30)/t19-/m0/s1. The number of nitrogens with zero attached hydrogens (tertiary/aromatic N) is 3. The third-order valence-electron chi connectivity index (χ3n) is 6.58. The molecule has 1 saturated heterocycles. The molecule has 1 aromatic carbocycles. The molecule has 1 aliphatic carbocycles. The second-order valence-corrected chi connectivity index (χ2v) is 9.04. The third-order valence-corrected chi connectivity index (χ3v) is 6.58. The van der Waals surface area contributed by atoms with Crippen molar-refractivity contribution in [2.75, 3.05) is 13.1 Å². The maximum absolute atomic E-state index is 13.0. The molecule has 2 fully saturated rings. The van der Waals surface area contributed by atoms with Crippen LogP contribution < -0.4 is 5.32 Å². The topological polar surface area (TPSA) is 104 Å². The van der Waals surface area contributed by atoms with E-state index in [1.165, 1.54) is 16.5 Å². The number of likely N-dealkylation sites (tertiary alicyclic amines) is 1. The van der Waals surface area contributed by atoms with Gasteiger partial charge < -0.3 is 19.6 Å². The molecular formula is C23H27N5O3. The van der Waals surface area contributed by atoms with Crippen molar-refractivity contribution < 1.29 is 14.0 Å². The van der Waals surface area contributed by atoms with Crippen LogP contribution in [0.1, 0.15) is 42.2 Å². The zero-order valence-electron chi connectivity index (χ0n) is 17.9. The first kappa shape index (κ1) is 19.8. The van der Waals surface area contributed by atoms with E-state index in [1.807, 2.05) is 6.20 Å². The number of carbonyl (C=O) groups is 2. The maximum Gasteiger partial charge on any atom is 0.242 e. The molecule has 8 heteroatoms. The van der Waals surface area contributed by atoms with E-state index < -0.39 is 6.04 Å². The summed E-state index contributed by atoms with van der Waals surface area (Å²) in [6, 6.07) is 5.91. The van der Waals surface area contributed by atoms with Crippen LogP contribution in [0.15, 0.2) is 28.8 Å². The molecule has 3 heterocycles. The molecule has 3 aromatic rings. The van der Waals surface area contributed by atoms with Crippen LogP contribution in [0.3, 0.4) is 0 Å². The Bertz CT molecular complexity index is 1140. The van der Waals surface area contributed by atoms with Gasteiger partial charge in [0.15, 0.2) is 0 Å². The van der Waals surface area contributed by atoms with E-state index in [4.69, 9.17) is 4.42 Å². The van der Waals surface area contributed by atoms with Crippen LogP contribution in [0.25, 0.3) is 10.9 Å². The van der Waals surface area contributed by atoms with Gasteiger partial charge in [-0.1, -0.05) is 12.1 Å². The number of aromatic nitrogens is 3. The number of aryl methyl sites for hydroxylation is 2. The van der Waals surface area contributed by atoms with Crippen LogP contribution >= 0.6 is 0 Å². The zero-order chi connectivity index (χ0) is 21.6. The highest BCUT2D eigenvalue weighted by atomic mass is 16.4. The summed E-state index contributed by atoms with van der Waals surface area (Å²) >= 11 is 0. The van der Waals surface area contributed by atoms with Crippen molar-refractivity contribution in [3.8, 4) is 0 Å². The van der Waals surface area contributed by atoms with Gasteiger partial charge in [0.2, 0.25) is 23.6 Å². The first-order valence-corrected chi connectivity index (χ1v) is 10.9. The first-order chi connectivity index (χ1) is 14.9. The predicted molar refractivity (Wildman–Crippen MR) is 114 cm³/mol. The van der Waals surface area contributed by atoms with Gasteiger partial charge >= 0.3 is 0 Å². The molecule has 162 valence electrons. The van der Waals surface area contributed by atoms with E-state index in [9.17, 15) is 9.59 Å². The number of aromatic amines is 1. The lowest BCUT2D eigenvalue weighted by Crippen LogP contribution is -2.46. The van der Waals surface area contributed by atoms with Crippen LogP contribution in [0.4, 0.5) is 0 Å². The fourth-order valence-corrected chi connectivity index (χ4v) is 4.68. The number of hydrogen-bond acceptors (Lipinski definition) is 5. The SMILES string of the molecule is Cc1ccc2c(CCNC(=O)[C@@H]3CC4(CC4)CN3C(=O)Cc3nnc(C)o3)c[nH]c2c1. The van der Waals surface area contributed by atoms with Gasteiger partial charge in [0.05, 0.1) is 0 Å². The number of nitrogens with one attached hydrogen (secondary N) is 2. The Morgan fingerprint density at radius 1 is 1.29 bits per heavy atom. The molecule has 8 nitrogen and oxygen atoms in total. The van der Waals surface area contributed by atoms with Gasteiger partial charge in [-0.2, -0.15) is 0 Å². The minimum atomic E-state index is -0.426. The summed E-state index contributed by atoms with van der Waals surface area (Å²) < 4.78 is 5.35. The van der Waals surface area contributed by atoms with Crippen molar-refractivity contribution in [3.05, 3.63) is 47.3 Å². The van der Waals surface area contributed by atoms with Gasteiger partial charge in [-0.25, -0.2) is 0 Å². The number of benzene rings is 1. The number of H-pyrrole nitrogens is 1. The van der Waals surface area contributed by atoms with Crippen LogP contribution in [-0.2, 0) is 22.4 Å². The molecule has 2 N–H and O–H groups in total. The zero-order valence-corrected chi connectivity index (χ0v) is 17.9. The monoisotopic (exact) mass is 421 g/mol. The quantitative estimate of drug-likeness (QED) is 0.636. The van der Waals surface area contributed by atoms with E-state index in [2.05, 4.69) is 45.6 Å². The number of amides is 2. The second-order valence-electron chi connectivity index (χ2n) is 9.04. The van der Waals surface area contributed by atoms with Crippen LogP contribution in [0, 0.1) is 19.3 Å². The lowest BCUT2D eigenvalue weighted by atomic mass is 10.0. The molecule has 2 aliphatic rings. The van der Waals surface area contributed by atoms with Crippen molar-refractivity contribution >= 4 is 22.7 Å². The highest BCUT2D eigenvalue weighted by Crippen LogP contribution is 2.54. The molecule has 2 aromatic heterocycles. The van der Waals surface area contributed by atoms with Gasteiger partial charge in [0.25, 0.3) is 0 Å². The number of carbonyl (C=O) groups excluding carboxylic acids is 2. The Balaban J connectivity index is 1.22. The smallest absolute Gasteiger partial charge is 0.242 e. The van der Waals surface area contributed by atoms with E-state index in [0.29, 0.717) is 24.9 Å². The lowest BCUT2D eigenvalue weighted by molar-refractivity contribution is -0.138. The highest BCUT2D eigenvalue weighted by molar-refractivity contribution is 5.89. The molecule has 1 saturated carbocycles. The molecule has 0 bridgehead atoms. The average Bonchev–Trinajstić information content (AvgIpc) is 3.02. The molecule has 0 unspecified atom stereocenters. The Kier molecular flexibility index (Phi) is 4.79. The van der Waals surface area contributed by atoms with E-state index in [0.717, 1.165) is 31.2 Å². The van der Waals surface area contributed by atoms with Crippen molar-refractivity contribution in [2.24, 2.45) is 5.41 Å². The Hall–Kier alpha value is -3.16. The second kappa shape index (κ2) is 7.51. The maximum atomic E-state index is 13.0.